The lowest BCUT2D eigenvalue weighted by molar-refractivity contribution is 0.102. The number of hydrogen-bond acceptors (Lipinski definition) is 5. The lowest BCUT2D eigenvalue weighted by Crippen LogP contribution is -2.30. The summed E-state index contributed by atoms with van der Waals surface area (Å²) in [4.78, 5) is 17.5. The number of hydrogen-bond donors (Lipinski definition) is 1. The molecule has 9 heteroatoms. The molecule has 0 aliphatic carbocycles. The fraction of sp³-hybridized carbons (Fsp3) is 0.103. The maximum absolute atomic E-state index is 13.5. The number of amides is 1. The second kappa shape index (κ2) is 11.0. The molecular weight excluding hydrogens is 538 g/mol. The molecule has 0 atom stereocenters. The Hall–Kier alpha value is -3.56. The number of anilines is 1. The smallest absolute Gasteiger partial charge is 0.255 e. The number of benzene rings is 4. The van der Waals surface area contributed by atoms with Gasteiger partial charge in [0, 0.05) is 29.4 Å². The second-order valence-corrected chi connectivity index (χ2v) is 12.4. The van der Waals surface area contributed by atoms with Crippen molar-refractivity contribution in [3.05, 3.63) is 124 Å². The summed E-state index contributed by atoms with van der Waals surface area (Å²) in [5, 5.41) is 4.36. The van der Waals surface area contributed by atoms with Crippen molar-refractivity contribution in [2.24, 2.45) is 0 Å². The van der Waals surface area contributed by atoms with Crippen molar-refractivity contribution in [1.82, 2.24) is 9.29 Å². The molecule has 0 aliphatic rings. The Morgan fingerprint density at radius 2 is 1.55 bits per heavy atom. The first-order valence-corrected chi connectivity index (χ1v) is 14.5. The zero-order chi connectivity index (χ0) is 26.7. The predicted octanol–water partition coefficient (Wildman–Crippen LogP) is 6.90. The van der Waals surface area contributed by atoms with Crippen molar-refractivity contribution in [2.45, 2.75) is 24.9 Å². The molecule has 5 aromatic rings. The molecule has 192 valence electrons. The van der Waals surface area contributed by atoms with Crippen molar-refractivity contribution >= 4 is 54.8 Å². The van der Waals surface area contributed by atoms with E-state index in [1.54, 1.807) is 47.7 Å². The topological polar surface area (TPSA) is 79.4 Å². The lowest BCUT2D eigenvalue weighted by atomic mass is 10.1. The normalized spacial score (nSPS) is 11.7. The highest BCUT2D eigenvalue weighted by atomic mass is 35.5. The van der Waals surface area contributed by atoms with Crippen LogP contribution in [0.3, 0.4) is 0 Å². The predicted molar refractivity (Wildman–Crippen MR) is 153 cm³/mol. The third-order valence-corrected chi connectivity index (χ3v) is 8.97. The van der Waals surface area contributed by atoms with Crippen LogP contribution in [0.4, 0.5) is 5.69 Å². The third-order valence-electron chi connectivity index (χ3n) is 5.98. The maximum Gasteiger partial charge on any atom is 0.255 e. The van der Waals surface area contributed by atoms with E-state index in [4.69, 9.17) is 11.6 Å². The Bertz CT molecular complexity index is 1690. The molecule has 0 aliphatic heterocycles. The van der Waals surface area contributed by atoms with E-state index in [1.165, 1.54) is 16.4 Å². The maximum atomic E-state index is 13.5. The standard InChI is InChI=1S/C29H24ClN3O3S2/c1-20-31-27-16-13-25(17-28(27)37-20)32-29(34)23-9-7-22(8-10-23)19-33(18-21-5-3-2-4-6-21)38(35,36)26-14-11-24(30)12-15-26/h2-17H,18-19H2,1H3,(H,32,34). The number of carbonyl (C=O) groups excluding carboxylic acids is 1. The van der Waals surface area contributed by atoms with Crippen molar-refractivity contribution in [3.63, 3.8) is 0 Å². The van der Waals surface area contributed by atoms with Gasteiger partial charge in [-0.3, -0.25) is 4.79 Å². The average Bonchev–Trinajstić information content (AvgIpc) is 3.29. The highest BCUT2D eigenvalue weighted by Gasteiger charge is 2.25. The van der Waals surface area contributed by atoms with Crippen LogP contribution >= 0.6 is 22.9 Å². The summed E-state index contributed by atoms with van der Waals surface area (Å²) in [6.07, 6.45) is 0. The van der Waals surface area contributed by atoms with Crippen LogP contribution in [0.25, 0.3) is 10.2 Å². The number of aryl methyl sites for hydroxylation is 1. The van der Waals surface area contributed by atoms with Gasteiger partial charge >= 0.3 is 0 Å². The van der Waals surface area contributed by atoms with Crippen molar-refractivity contribution in [1.29, 1.82) is 0 Å². The molecule has 1 heterocycles. The molecule has 0 bridgehead atoms. The van der Waals surface area contributed by atoms with Crippen molar-refractivity contribution in [3.8, 4) is 0 Å². The van der Waals surface area contributed by atoms with Crippen LogP contribution in [0.15, 0.2) is 102 Å². The van der Waals surface area contributed by atoms with Gasteiger partial charge in [0.2, 0.25) is 10.0 Å². The van der Waals surface area contributed by atoms with E-state index in [9.17, 15) is 13.2 Å². The number of fused-ring (bicyclic) bond motifs is 1. The van der Waals surface area contributed by atoms with Crippen LogP contribution in [0.1, 0.15) is 26.5 Å². The molecule has 0 spiro atoms. The average molecular weight is 562 g/mol. The molecule has 5 rings (SSSR count). The number of sulfonamides is 1. The van der Waals surface area contributed by atoms with Gasteiger partial charge in [-0.2, -0.15) is 4.31 Å². The van der Waals surface area contributed by atoms with Crippen LogP contribution in [0.5, 0.6) is 0 Å². The molecule has 1 N–H and O–H groups in total. The highest BCUT2D eigenvalue weighted by Crippen LogP contribution is 2.26. The van der Waals surface area contributed by atoms with Gasteiger partial charge < -0.3 is 5.32 Å². The van der Waals surface area contributed by atoms with E-state index in [2.05, 4.69) is 10.3 Å². The monoisotopic (exact) mass is 561 g/mol. The lowest BCUT2D eigenvalue weighted by Gasteiger charge is -2.23. The van der Waals surface area contributed by atoms with Gasteiger partial charge in [-0.05, 0) is 72.6 Å². The fourth-order valence-electron chi connectivity index (χ4n) is 4.05. The molecule has 0 saturated carbocycles. The Kier molecular flexibility index (Phi) is 7.58. The molecule has 0 unspecified atom stereocenters. The van der Waals surface area contributed by atoms with Crippen LogP contribution in [-0.2, 0) is 23.1 Å². The van der Waals surface area contributed by atoms with Gasteiger partial charge in [-0.1, -0.05) is 54.1 Å². The van der Waals surface area contributed by atoms with Crippen molar-refractivity contribution < 1.29 is 13.2 Å². The number of carbonyl (C=O) groups is 1. The molecule has 1 aromatic heterocycles. The van der Waals surface area contributed by atoms with E-state index >= 15 is 0 Å². The van der Waals surface area contributed by atoms with Crippen LogP contribution in [0, 0.1) is 6.92 Å². The molecule has 0 fully saturated rings. The van der Waals surface area contributed by atoms with E-state index < -0.39 is 10.0 Å². The van der Waals surface area contributed by atoms with E-state index in [-0.39, 0.29) is 23.9 Å². The third kappa shape index (κ3) is 5.95. The molecule has 38 heavy (non-hydrogen) atoms. The first-order valence-electron chi connectivity index (χ1n) is 11.8. The minimum absolute atomic E-state index is 0.142. The summed E-state index contributed by atoms with van der Waals surface area (Å²) in [5.74, 6) is -0.243. The zero-order valence-corrected chi connectivity index (χ0v) is 22.9. The summed E-state index contributed by atoms with van der Waals surface area (Å²) in [6, 6.07) is 28.2. The van der Waals surface area contributed by atoms with E-state index in [1.807, 2.05) is 55.5 Å². The number of nitrogens with zero attached hydrogens (tertiary/aromatic N) is 2. The molecular formula is C29H24ClN3O3S2. The summed E-state index contributed by atoms with van der Waals surface area (Å²) in [6.45, 7) is 2.29. The molecule has 6 nitrogen and oxygen atoms in total. The number of halogens is 1. The Balaban J connectivity index is 1.35. The number of rotatable bonds is 8. The summed E-state index contributed by atoms with van der Waals surface area (Å²) in [7, 11) is -3.81. The van der Waals surface area contributed by atoms with Gasteiger partial charge in [-0.15, -0.1) is 11.3 Å². The number of nitrogens with one attached hydrogen (secondary N) is 1. The minimum atomic E-state index is -3.81. The molecule has 0 saturated heterocycles. The van der Waals surface area contributed by atoms with Gasteiger partial charge in [0.15, 0.2) is 0 Å². The second-order valence-electron chi connectivity index (χ2n) is 8.78. The number of aromatic nitrogens is 1. The minimum Gasteiger partial charge on any atom is -0.322 e. The van der Waals surface area contributed by atoms with Crippen molar-refractivity contribution in [2.75, 3.05) is 5.32 Å². The summed E-state index contributed by atoms with van der Waals surface area (Å²) < 4.78 is 29.5. The van der Waals surface area contributed by atoms with Gasteiger partial charge in [0.25, 0.3) is 5.91 Å². The van der Waals surface area contributed by atoms with Gasteiger partial charge in [0.1, 0.15) is 0 Å². The largest absolute Gasteiger partial charge is 0.322 e. The summed E-state index contributed by atoms with van der Waals surface area (Å²) in [5.41, 5.74) is 3.71. The number of thiazole rings is 1. The fourth-order valence-corrected chi connectivity index (χ4v) is 6.46. The van der Waals surface area contributed by atoms with Crippen LogP contribution in [0.2, 0.25) is 5.02 Å². The van der Waals surface area contributed by atoms with Crippen LogP contribution < -0.4 is 5.32 Å². The van der Waals surface area contributed by atoms with E-state index in [0.29, 0.717) is 16.3 Å². The first-order chi connectivity index (χ1) is 18.3. The Morgan fingerprint density at radius 1 is 0.895 bits per heavy atom. The quantitative estimate of drug-likeness (QED) is 0.223. The highest BCUT2D eigenvalue weighted by molar-refractivity contribution is 7.89. The summed E-state index contributed by atoms with van der Waals surface area (Å²) >= 11 is 7.55. The van der Waals surface area contributed by atoms with Gasteiger partial charge in [-0.25, -0.2) is 13.4 Å². The zero-order valence-electron chi connectivity index (χ0n) is 20.5. The first kappa shape index (κ1) is 26.1. The van der Waals surface area contributed by atoms with Gasteiger partial charge in [0.05, 0.1) is 20.1 Å². The molecule has 4 aromatic carbocycles. The van der Waals surface area contributed by atoms with Crippen LogP contribution in [-0.4, -0.2) is 23.6 Å². The Labute approximate surface area is 230 Å². The molecule has 0 radical (unpaired) electrons. The Morgan fingerprint density at radius 3 is 2.24 bits per heavy atom. The SMILES string of the molecule is Cc1nc2ccc(NC(=O)c3ccc(CN(Cc4ccccc4)S(=O)(=O)c4ccc(Cl)cc4)cc3)cc2s1. The van der Waals surface area contributed by atoms with E-state index in [0.717, 1.165) is 26.4 Å². The molecule has 1 amide bonds.